The summed E-state index contributed by atoms with van der Waals surface area (Å²) in [6.07, 6.45) is 6.95. The van der Waals surface area contributed by atoms with Gasteiger partial charge in [-0.25, -0.2) is 0 Å². The number of anilines is 1. The molecule has 1 saturated carbocycles. The molecule has 1 aromatic carbocycles. The number of nitrogens with one attached hydrogen (secondary N) is 1. The van der Waals surface area contributed by atoms with E-state index in [4.69, 9.17) is 10.5 Å². The van der Waals surface area contributed by atoms with Crippen molar-refractivity contribution in [1.82, 2.24) is 5.32 Å². The highest BCUT2D eigenvalue weighted by Gasteiger charge is 2.15. The van der Waals surface area contributed by atoms with Gasteiger partial charge in [-0.1, -0.05) is 25.7 Å². The molecule has 1 aliphatic carbocycles. The van der Waals surface area contributed by atoms with Crippen LogP contribution in [0.3, 0.4) is 0 Å². The fraction of sp³-hybridized carbons (Fsp3) is 0.562. The Morgan fingerprint density at radius 1 is 1.25 bits per heavy atom. The number of benzene rings is 1. The molecule has 0 heterocycles. The van der Waals surface area contributed by atoms with Crippen molar-refractivity contribution in [3.8, 4) is 5.75 Å². The van der Waals surface area contributed by atoms with Crippen LogP contribution < -0.4 is 15.8 Å². The van der Waals surface area contributed by atoms with Crippen LogP contribution in [-0.4, -0.2) is 19.1 Å². The van der Waals surface area contributed by atoms with Crippen LogP contribution in [0.25, 0.3) is 0 Å². The zero-order valence-electron chi connectivity index (χ0n) is 11.9. The van der Waals surface area contributed by atoms with E-state index in [0.717, 1.165) is 23.8 Å². The maximum atomic E-state index is 11.7. The van der Waals surface area contributed by atoms with Crippen LogP contribution in [0, 0.1) is 5.92 Å². The second-order valence-corrected chi connectivity index (χ2v) is 5.46. The second kappa shape index (κ2) is 7.78. The van der Waals surface area contributed by atoms with Crippen molar-refractivity contribution in [3.63, 3.8) is 0 Å². The van der Waals surface area contributed by atoms with Gasteiger partial charge in [0.25, 0.3) is 0 Å². The highest BCUT2D eigenvalue weighted by molar-refractivity contribution is 5.75. The summed E-state index contributed by atoms with van der Waals surface area (Å²) in [5.41, 5.74) is 6.31. The lowest BCUT2D eigenvalue weighted by molar-refractivity contribution is -0.121. The van der Waals surface area contributed by atoms with E-state index in [1.54, 1.807) is 12.1 Å². The smallest absolute Gasteiger partial charge is 0.220 e. The Balaban J connectivity index is 1.53. The van der Waals surface area contributed by atoms with Gasteiger partial charge in [-0.15, -0.1) is 0 Å². The Bertz CT molecular complexity index is 411. The highest BCUT2D eigenvalue weighted by Crippen LogP contribution is 2.28. The van der Waals surface area contributed by atoms with Crippen molar-refractivity contribution >= 4 is 11.6 Å². The maximum absolute atomic E-state index is 11.7. The minimum atomic E-state index is 0.137. The first-order valence-corrected chi connectivity index (χ1v) is 7.49. The molecule has 0 atom stereocenters. The minimum Gasteiger partial charge on any atom is -0.492 e. The number of carbonyl (C=O) groups is 1. The normalized spacial score (nSPS) is 15.2. The topological polar surface area (TPSA) is 64.3 Å². The number of hydrogen-bond acceptors (Lipinski definition) is 3. The molecule has 1 aromatic rings. The molecule has 1 fully saturated rings. The lowest BCUT2D eigenvalue weighted by atomic mass is 10.0. The molecule has 4 nitrogen and oxygen atoms in total. The molecule has 4 heteroatoms. The van der Waals surface area contributed by atoms with Crippen LogP contribution >= 0.6 is 0 Å². The number of nitrogen functional groups attached to an aromatic ring is 1. The van der Waals surface area contributed by atoms with Crippen LogP contribution in [0.1, 0.15) is 38.5 Å². The number of rotatable bonds is 7. The Morgan fingerprint density at radius 3 is 2.65 bits per heavy atom. The molecule has 110 valence electrons. The summed E-state index contributed by atoms with van der Waals surface area (Å²) in [4.78, 5) is 11.7. The third-order valence-electron chi connectivity index (χ3n) is 3.83. The van der Waals surface area contributed by atoms with Gasteiger partial charge in [-0.05, 0) is 36.6 Å². The van der Waals surface area contributed by atoms with Crippen LogP contribution in [0.2, 0.25) is 0 Å². The summed E-state index contributed by atoms with van der Waals surface area (Å²) in [5, 5.41) is 2.90. The Labute approximate surface area is 120 Å². The summed E-state index contributed by atoms with van der Waals surface area (Å²) in [6.45, 7) is 1.03. The fourth-order valence-electron chi connectivity index (χ4n) is 2.65. The summed E-state index contributed by atoms with van der Waals surface area (Å²) in [6, 6.07) is 7.26. The molecule has 0 bridgehead atoms. The van der Waals surface area contributed by atoms with E-state index < -0.39 is 0 Å². The first-order chi connectivity index (χ1) is 9.74. The maximum Gasteiger partial charge on any atom is 0.220 e. The quantitative estimate of drug-likeness (QED) is 0.594. The first-order valence-electron chi connectivity index (χ1n) is 7.49. The van der Waals surface area contributed by atoms with Crippen molar-refractivity contribution in [1.29, 1.82) is 0 Å². The summed E-state index contributed by atoms with van der Waals surface area (Å²) >= 11 is 0. The van der Waals surface area contributed by atoms with Gasteiger partial charge in [-0.3, -0.25) is 4.79 Å². The molecule has 0 aliphatic heterocycles. The second-order valence-electron chi connectivity index (χ2n) is 5.46. The lowest BCUT2D eigenvalue weighted by Crippen LogP contribution is -2.28. The zero-order chi connectivity index (χ0) is 14.2. The largest absolute Gasteiger partial charge is 0.492 e. The van der Waals surface area contributed by atoms with Gasteiger partial charge >= 0.3 is 0 Å². The van der Waals surface area contributed by atoms with Crippen molar-refractivity contribution in [2.75, 3.05) is 18.9 Å². The molecule has 20 heavy (non-hydrogen) atoms. The van der Waals surface area contributed by atoms with E-state index in [-0.39, 0.29) is 5.91 Å². The highest BCUT2D eigenvalue weighted by atomic mass is 16.5. The minimum absolute atomic E-state index is 0.137. The van der Waals surface area contributed by atoms with E-state index in [0.29, 0.717) is 19.6 Å². The van der Waals surface area contributed by atoms with E-state index in [1.807, 2.05) is 12.1 Å². The Hall–Kier alpha value is -1.71. The number of hydrogen-bond donors (Lipinski definition) is 2. The monoisotopic (exact) mass is 276 g/mol. The molecule has 3 N–H and O–H groups in total. The summed E-state index contributed by atoms with van der Waals surface area (Å²) < 4.78 is 5.52. The van der Waals surface area contributed by atoms with Crippen LogP contribution in [0.5, 0.6) is 5.75 Å². The van der Waals surface area contributed by atoms with Crippen molar-refractivity contribution in [2.24, 2.45) is 5.92 Å². The fourth-order valence-corrected chi connectivity index (χ4v) is 2.65. The standard InChI is InChI=1S/C16H24N2O2/c17-14-6-8-15(9-7-14)20-12-11-18-16(19)10-5-13-3-1-2-4-13/h6-9,13H,1-5,10-12,17H2,(H,18,19). The van der Waals surface area contributed by atoms with Crippen LogP contribution in [0.15, 0.2) is 24.3 Å². The molecule has 1 amide bonds. The SMILES string of the molecule is Nc1ccc(OCCNC(=O)CCC2CCCC2)cc1. The Kier molecular flexibility index (Phi) is 5.71. The first kappa shape index (κ1) is 14.7. The third-order valence-corrected chi connectivity index (χ3v) is 3.83. The molecule has 0 spiro atoms. The van der Waals surface area contributed by atoms with Gasteiger partial charge in [0.1, 0.15) is 12.4 Å². The van der Waals surface area contributed by atoms with Gasteiger partial charge in [0, 0.05) is 12.1 Å². The predicted molar refractivity (Wildman–Crippen MR) is 80.6 cm³/mol. The van der Waals surface area contributed by atoms with E-state index in [2.05, 4.69) is 5.32 Å². The summed E-state index contributed by atoms with van der Waals surface area (Å²) in [7, 11) is 0. The molecular formula is C16H24N2O2. The molecular weight excluding hydrogens is 252 g/mol. The number of nitrogens with two attached hydrogens (primary N) is 1. The molecule has 1 aliphatic rings. The molecule has 0 saturated heterocycles. The van der Waals surface area contributed by atoms with Crippen molar-refractivity contribution < 1.29 is 9.53 Å². The van der Waals surface area contributed by atoms with Gasteiger partial charge in [0.05, 0.1) is 6.54 Å². The van der Waals surface area contributed by atoms with Crippen LogP contribution in [0.4, 0.5) is 5.69 Å². The van der Waals surface area contributed by atoms with Gasteiger partial charge in [0.15, 0.2) is 0 Å². The number of ether oxygens (including phenoxy) is 1. The van der Waals surface area contributed by atoms with Gasteiger partial charge in [0.2, 0.25) is 5.91 Å². The van der Waals surface area contributed by atoms with Crippen molar-refractivity contribution in [2.45, 2.75) is 38.5 Å². The third kappa shape index (κ3) is 5.11. The van der Waals surface area contributed by atoms with Gasteiger partial charge < -0.3 is 15.8 Å². The van der Waals surface area contributed by atoms with Crippen molar-refractivity contribution in [3.05, 3.63) is 24.3 Å². The van der Waals surface area contributed by atoms with E-state index in [1.165, 1.54) is 25.7 Å². The average molecular weight is 276 g/mol. The molecule has 0 aromatic heterocycles. The average Bonchev–Trinajstić information content (AvgIpc) is 2.96. The lowest BCUT2D eigenvalue weighted by Gasteiger charge is -2.10. The predicted octanol–water partition coefficient (Wildman–Crippen LogP) is 2.73. The number of amides is 1. The molecule has 0 unspecified atom stereocenters. The van der Waals surface area contributed by atoms with E-state index in [9.17, 15) is 4.79 Å². The Morgan fingerprint density at radius 2 is 1.95 bits per heavy atom. The molecule has 2 rings (SSSR count). The van der Waals surface area contributed by atoms with E-state index >= 15 is 0 Å². The number of carbonyl (C=O) groups excluding carboxylic acids is 1. The molecule has 0 radical (unpaired) electrons. The van der Waals surface area contributed by atoms with Crippen LogP contribution in [-0.2, 0) is 4.79 Å². The van der Waals surface area contributed by atoms with Gasteiger partial charge in [-0.2, -0.15) is 0 Å². The summed E-state index contributed by atoms with van der Waals surface area (Å²) in [5.74, 6) is 1.68. The zero-order valence-corrected chi connectivity index (χ0v) is 11.9.